The van der Waals surface area contributed by atoms with Gasteiger partial charge in [-0.1, -0.05) is 77.7 Å². The topological polar surface area (TPSA) is 49.4 Å². The first kappa shape index (κ1) is 21.6. The lowest BCUT2D eigenvalue weighted by Crippen LogP contribution is -2.50. The molecule has 29 heavy (non-hydrogen) atoms. The van der Waals surface area contributed by atoms with Crippen LogP contribution in [0.5, 0.6) is 0 Å². The fraction of sp³-hybridized carbons (Fsp3) is 0.417. The Kier molecular flexibility index (Phi) is 7.87. The van der Waals surface area contributed by atoms with E-state index in [0.717, 1.165) is 41.3 Å². The Balaban J connectivity index is 1.74. The molecular formula is C24H29BrN2O2. The summed E-state index contributed by atoms with van der Waals surface area (Å²) in [5.74, 6) is -0.101. The van der Waals surface area contributed by atoms with Gasteiger partial charge in [-0.3, -0.25) is 9.59 Å². The van der Waals surface area contributed by atoms with Crippen LogP contribution in [0.1, 0.15) is 50.2 Å². The summed E-state index contributed by atoms with van der Waals surface area (Å²) in [5.41, 5.74) is 1.95. The lowest BCUT2D eigenvalue weighted by molar-refractivity contribution is -0.140. The molecule has 0 saturated heterocycles. The molecule has 5 heteroatoms. The van der Waals surface area contributed by atoms with E-state index in [-0.39, 0.29) is 24.3 Å². The molecule has 0 aromatic heterocycles. The third kappa shape index (κ3) is 6.43. The van der Waals surface area contributed by atoms with Crippen LogP contribution in [0.25, 0.3) is 0 Å². The van der Waals surface area contributed by atoms with Crippen LogP contribution >= 0.6 is 15.9 Å². The van der Waals surface area contributed by atoms with Gasteiger partial charge in [0.15, 0.2) is 0 Å². The highest BCUT2D eigenvalue weighted by molar-refractivity contribution is 9.10. The van der Waals surface area contributed by atoms with Gasteiger partial charge in [-0.2, -0.15) is 0 Å². The molecule has 1 unspecified atom stereocenters. The third-order valence-electron chi connectivity index (χ3n) is 5.56. The van der Waals surface area contributed by atoms with Crippen LogP contribution in [0.3, 0.4) is 0 Å². The van der Waals surface area contributed by atoms with Crippen molar-refractivity contribution in [2.45, 2.75) is 64.1 Å². The van der Waals surface area contributed by atoms with Crippen LogP contribution in [-0.4, -0.2) is 28.8 Å². The highest BCUT2D eigenvalue weighted by atomic mass is 79.9. The second-order valence-corrected chi connectivity index (χ2v) is 8.75. The standard InChI is InChI=1S/C24H29BrN2O2/c1-18(24(29)26-22-13-6-3-7-14-22)27(17-20-11-8-12-21(25)15-20)23(28)16-19-9-4-2-5-10-19/h2,4-5,8-12,15,18,22H,3,6-7,13-14,16-17H2,1H3,(H,26,29). The number of rotatable bonds is 7. The lowest BCUT2D eigenvalue weighted by Gasteiger charge is -2.31. The molecule has 0 heterocycles. The first-order chi connectivity index (χ1) is 14.0. The number of nitrogens with zero attached hydrogens (tertiary/aromatic N) is 1. The van der Waals surface area contributed by atoms with Crippen molar-refractivity contribution in [3.8, 4) is 0 Å². The normalized spacial score (nSPS) is 15.5. The van der Waals surface area contributed by atoms with Gasteiger partial charge in [-0.05, 0) is 43.0 Å². The van der Waals surface area contributed by atoms with Gasteiger partial charge in [-0.15, -0.1) is 0 Å². The molecule has 0 spiro atoms. The van der Waals surface area contributed by atoms with Gasteiger partial charge in [0.1, 0.15) is 6.04 Å². The van der Waals surface area contributed by atoms with E-state index in [1.54, 1.807) is 4.90 Å². The maximum absolute atomic E-state index is 13.2. The van der Waals surface area contributed by atoms with Crippen LogP contribution in [-0.2, 0) is 22.6 Å². The summed E-state index contributed by atoms with van der Waals surface area (Å²) in [4.78, 5) is 27.8. The number of benzene rings is 2. The van der Waals surface area contributed by atoms with Crippen molar-refractivity contribution in [2.75, 3.05) is 0 Å². The minimum atomic E-state index is -0.521. The molecule has 1 aliphatic rings. The predicted molar refractivity (Wildman–Crippen MR) is 119 cm³/mol. The number of carbonyl (C=O) groups excluding carboxylic acids is 2. The molecule has 1 aliphatic carbocycles. The average Bonchev–Trinajstić information content (AvgIpc) is 2.73. The van der Waals surface area contributed by atoms with E-state index in [1.807, 2.05) is 61.5 Å². The Morgan fingerprint density at radius 2 is 1.72 bits per heavy atom. The van der Waals surface area contributed by atoms with Crippen LogP contribution in [0.2, 0.25) is 0 Å². The Hall–Kier alpha value is -2.14. The monoisotopic (exact) mass is 456 g/mol. The van der Waals surface area contributed by atoms with Gasteiger partial charge in [0.25, 0.3) is 0 Å². The van der Waals surface area contributed by atoms with E-state index < -0.39 is 6.04 Å². The average molecular weight is 457 g/mol. The molecule has 154 valence electrons. The summed E-state index contributed by atoms with van der Waals surface area (Å²) in [6.45, 7) is 2.24. The van der Waals surface area contributed by atoms with Crippen molar-refractivity contribution in [1.29, 1.82) is 0 Å². The first-order valence-electron chi connectivity index (χ1n) is 10.4. The van der Waals surface area contributed by atoms with Gasteiger partial charge in [0.2, 0.25) is 11.8 Å². The van der Waals surface area contributed by atoms with E-state index in [1.165, 1.54) is 6.42 Å². The molecule has 1 saturated carbocycles. The van der Waals surface area contributed by atoms with E-state index >= 15 is 0 Å². The van der Waals surface area contributed by atoms with Gasteiger partial charge in [0, 0.05) is 17.1 Å². The van der Waals surface area contributed by atoms with Crippen molar-refractivity contribution < 1.29 is 9.59 Å². The zero-order valence-corrected chi connectivity index (χ0v) is 18.5. The molecule has 0 aliphatic heterocycles. The molecular weight excluding hydrogens is 428 g/mol. The maximum Gasteiger partial charge on any atom is 0.242 e. The highest BCUT2D eigenvalue weighted by Crippen LogP contribution is 2.19. The minimum Gasteiger partial charge on any atom is -0.352 e. The van der Waals surface area contributed by atoms with E-state index in [4.69, 9.17) is 0 Å². The predicted octanol–water partition coefficient (Wildman–Crippen LogP) is 4.86. The quantitative estimate of drug-likeness (QED) is 0.646. The Morgan fingerprint density at radius 3 is 2.41 bits per heavy atom. The smallest absolute Gasteiger partial charge is 0.242 e. The Morgan fingerprint density at radius 1 is 1.03 bits per heavy atom. The van der Waals surface area contributed by atoms with Gasteiger partial charge in [-0.25, -0.2) is 0 Å². The van der Waals surface area contributed by atoms with E-state index in [9.17, 15) is 9.59 Å². The largest absolute Gasteiger partial charge is 0.352 e. The third-order valence-corrected chi connectivity index (χ3v) is 6.05. The van der Waals surface area contributed by atoms with Crippen LogP contribution in [0.15, 0.2) is 59.1 Å². The molecule has 2 aromatic rings. The Labute approximate surface area is 181 Å². The summed E-state index contributed by atoms with van der Waals surface area (Å²) >= 11 is 3.49. The molecule has 1 N–H and O–H groups in total. The zero-order chi connectivity index (χ0) is 20.6. The zero-order valence-electron chi connectivity index (χ0n) is 16.9. The van der Waals surface area contributed by atoms with Crippen molar-refractivity contribution in [3.05, 3.63) is 70.2 Å². The fourth-order valence-corrected chi connectivity index (χ4v) is 4.30. The highest BCUT2D eigenvalue weighted by Gasteiger charge is 2.28. The van der Waals surface area contributed by atoms with E-state index in [2.05, 4.69) is 21.2 Å². The molecule has 0 bridgehead atoms. The molecule has 2 aromatic carbocycles. The van der Waals surface area contributed by atoms with Crippen molar-refractivity contribution in [2.24, 2.45) is 0 Å². The molecule has 2 amide bonds. The molecule has 1 atom stereocenters. The number of nitrogens with one attached hydrogen (secondary N) is 1. The summed E-state index contributed by atoms with van der Waals surface area (Å²) in [6, 6.07) is 17.3. The van der Waals surface area contributed by atoms with Crippen molar-refractivity contribution in [3.63, 3.8) is 0 Å². The summed E-state index contributed by atoms with van der Waals surface area (Å²) in [7, 11) is 0. The number of hydrogen-bond donors (Lipinski definition) is 1. The first-order valence-corrected chi connectivity index (χ1v) is 11.2. The van der Waals surface area contributed by atoms with Gasteiger partial charge >= 0.3 is 0 Å². The molecule has 1 fully saturated rings. The molecule has 3 rings (SSSR count). The number of halogens is 1. The summed E-state index contributed by atoms with van der Waals surface area (Å²) in [6.07, 6.45) is 5.91. The second kappa shape index (κ2) is 10.6. The van der Waals surface area contributed by atoms with Gasteiger partial charge < -0.3 is 10.2 Å². The van der Waals surface area contributed by atoms with E-state index in [0.29, 0.717) is 6.54 Å². The second-order valence-electron chi connectivity index (χ2n) is 7.83. The van der Waals surface area contributed by atoms with Crippen molar-refractivity contribution in [1.82, 2.24) is 10.2 Å². The summed E-state index contributed by atoms with van der Waals surface area (Å²) in [5, 5.41) is 3.17. The summed E-state index contributed by atoms with van der Waals surface area (Å²) < 4.78 is 0.963. The lowest BCUT2D eigenvalue weighted by atomic mass is 9.95. The number of hydrogen-bond acceptors (Lipinski definition) is 2. The number of carbonyl (C=O) groups is 2. The van der Waals surface area contributed by atoms with Crippen LogP contribution in [0.4, 0.5) is 0 Å². The minimum absolute atomic E-state index is 0.0394. The molecule has 0 radical (unpaired) electrons. The van der Waals surface area contributed by atoms with Crippen LogP contribution < -0.4 is 5.32 Å². The SMILES string of the molecule is CC(C(=O)NC1CCCCC1)N(Cc1cccc(Br)c1)C(=O)Cc1ccccc1. The van der Waals surface area contributed by atoms with Crippen molar-refractivity contribution >= 4 is 27.7 Å². The van der Waals surface area contributed by atoms with Gasteiger partial charge in [0.05, 0.1) is 6.42 Å². The molecule has 4 nitrogen and oxygen atoms in total. The fourth-order valence-electron chi connectivity index (χ4n) is 3.86. The number of amides is 2. The van der Waals surface area contributed by atoms with Crippen LogP contribution in [0, 0.1) is 0 Å². The maximum atomic E-state index is 13.2. The Bertz CT molecular complexity index is 819.